The number of aromatic nitrogens is 2. The van der Waals surface area contributed by atoms with Gasteiger partial charge >= 0.3 is 6.18 Å². The molecule has 0 amide bonds. The van der Waals surface area contributed by atoms with Crippen molar-refractivity contribution >= 4 is 29.9 Å². The molecule has 1 aliphatic heterocycles. The second kappa shape index (κ2) is 8.76. The Balaban J connectivity index is 0.00000256. The summed E-state index contributed by atoms with van der Waals surface area (Å²) < 4.78 is 41.1. The Morgan fingerprint density at radius 1 is 1.33 bits per heavy atom. The molecule has 164 valence electrons. The fraction of sp³-hybridized carbons (Fsp3) is 0.524. The van der Waals surface area contributed by atoms with Crippen molar-refractivity contribution in [1.29, 1.82) is 0 Å². The molecule has 1 saturated carbocycles. The molecule has 0 bridgehead atoms. The second-order valence-electron chi connectivity index (χ2n) is 8.14. The van der Waals surface area contributed by atoms with E-state index in [1.54, 1.807) is 13.1 Å². The zero-order chi connectivity index (χ0) is 20.6. The quantitative estimate of drug-likeness (QED) is 0.365. The molecule has 2 aromatic rings. The van der Waals surface area contributed by atoms with Crippen molar-refractivity contribution < 1.29 is 13.2 Å². The highest BCUT2D eigenvalue weighted by molar-refractivity contribution is 14.0. The van der Waals surface area contributed by atoms with Gasteiger partial charge in [0, 0.05) is 51.3 Å². The van der Waals surface area contributed by atoms with E-state index in [1.807, 2.05) is 17.9 Å². The highest BCUT2D eigenvalue weighted by Gasteiger charge is 2.45. The van der Waals surface area contributed by atoms with Gasteiger partial charge in [-0.2, -0.15) is 18.3 Å². The Bertz CT molecular complexity index is 904. The Morgan fingerprint density at radius 2 is 2.10 bits per heavy atom. The van der Waals surface area contributed by atoms with E-state index in [1.165, 1.54) is 17.7 Å². The maximum atomic E-state index is 13.1. The number of nitrogens with one attached hydrogen (secondary N) is 1. The molecule has 5 nitrogen and oxygen atoms in total. The molecule has 0 radical (unpaired) electrons. The largest absolute Gasteiger partial charge is 0.416 e. The smallest absolute Gasteiger partial charge is 0.355 e. The normalized spacial score (nSPS) is 20.8. The topological polar surface area (TPSA) is 45.5 Å². The van der Waals surface area contributed by atoms with Crippen LogP contribution in [-0.4, -0.2) is 47.3 Å². The predicted octanol–water partition coefficient (Wildman–Crippen LogP) is 4.15. The van der Waals surface area contributed by atoms with Gasteiger partial charge in [-0.05, 0) is 36.5 Å². The number of alkyl halides is 3. The van der Waals surface area contributed by atoms with Crippen LogP contribution in [0.25, 0.3) is 0 Å². The van der Waals surface area contributed by atoms with Crippen molar-refractivity contribution in [3.63, 3.8) is 0 Å². The number of nitrogens with zero attached hydrogens (tertiary/aromatic N) is 4. The van der Waals surface area contributed by atoms with Crippen molar-refractivity contribution in [2.24, 2.45) is 12.0 Å². The lowest BCUT2D eigenvalue weighted by Crippen LogP contribution is -2.43. The van der Waals surface area contributed by atoms with Gasteiger partial charge in [0.2, 0.25) is 0 Å². The van der Waals surface area contributed by atoms with E-state index in [0.29, 0.717) is 12.5 Å². The fourth-order valence-corrected chi connectivity index (χ4v) is 4.20. The average Bonchev–Trinajstić information content (AvgIpc) is 3.10. The first kappa shape index (κ1) is 22.9. The molecule has 1 atom stereocenters. The number of rotatable bonds is 4. The van der Waals surface area contributed by atoms with Crippen molar-refractivity contribution in [3.05, 3.63) is 53.3 Å². The van der Waals surface area contributed by atoms with Crippen molar-refractivity contribution in [1.82, 2.24) is 20.0 Å². The summed E-state index contributed by atoms with van der Waals surface area (Å²) in [6.07, 6.45) is 2.46. The van der Waals surface area contributed by atoms with E-state index in [2.05, 4.69) is 26.5 Å². The number of likely N-dealkylation sites (tertiary alicyclic amines) is 1. The maximum absolute atomic E-state index is 13.1. The van der Waals surface area contributed by atoms with Gasteiger partial charge in [-0.15, -0.1) is 24.0 Å². The molecule has 1 aromatic heterocycles. The first-order valence-electron chi connectivity index (χ1n) is 9.93. The Kier molecular flexibility index (Phi) is 6.69. The van der Waals surface area contributed by atoms with E-state index < -0.39 is 11.7 Å². The molecular formula is C21H27F3IN5. The summed E-state index contributed by atoms with van der Waals surface area (Å²) in [6, 6.07) is 5.74. The third kappa shape index (κ3) is 4.76. The minimum absolute atomic E-state index is 0. The SMILES string of the molecule is CN=C(NCC1(c2cccc(C(F)(F)F)c2)CC1)N1CCC(c2cnn(C)c2)C1.I. The predicted molar refractivity (Wildman–Crippen MR) is 121 cm³/mol. The molecule has 9 heteroatoms. The molecule has 0 spiro atoms. The van der Waals surface area contributed by atoms with Crippen LogP contribution in [0.4, 0.5) is 13.2 Å². The number of benzene rings is 1. The van der Waals surface area contributed by atoms with Crippen LogP contribution in [0.15, 0.2) is 41.7 Å². The van der Waals surface area contributed by atoms with Gasteiger partial charge in [0.25, 0.3) is 0 Å². The molecular weight excluding hydrogens is 506 g/mol. The van der Waals surface area contributed by atoms with Crippen LogP contribution < -0.4 is 5.32 Å². The molecule has 2 fully saturated rings. The van der Waals surface area contributed by atoms with E-state index >= 15 is 0 Å². The zero-order valence-corrected chi connectivity index (χ0v) is 19.4. The van der Waals surface area contributed by atoms with Crippen LogP contribution in [0.1, 0.15) is 41.9 Å². The number of halogens is 4. The lowest BCUT2D eigenvalue weighted by atomic mass is 9.94. The van der Waals surface area contributed by atoms with Gasteiger partial charge in [-0.3, -0.25) is 9.67 Å². The van der Waals surface area contributed by atoms with E-state index in [9.17, 15) is 13.2 Å². The van der Waals surface area contributed by atoms with E-state index in [4.69, 9.17) is 0 Å². The van der Waals surface area contributed by atoms with Gasteiger partial charge in [0.15, 0.2) is 5.96 Å². The third-order valence-electron chi connectivity index (χ3n) is 6.14. The van der Waals surface area contributed by atoms with Crippen LogP contribution in [0.3, 0.4) is 0 Å². The first-order valence-corrected chi connectivity index (χ1v) is 9.93. The molecule has 1 aromatic carbocycles. The lowest BCUT2D eigenvalue weighted by Gasteiger charge is -2.25. The van der Waals surface area contributed by atoms with Crippen LogP contribution in [-0.2, 0) is 18.6 Å². The van der Waals surface area contributed by atoms with Crippen LogP contribution in [0.2, 0.25) is 0 Å². The van der Waals surface area contributed by atoms with Crippen LogP contribution >= 0.6 is 24.0 Å². The molecule has 1 aliphatic carbocycles. The Hall–Kier alpha value is -1.78. The summed E-state index contributed by atoms with van der Waals surface area (Å²) in [7, 11) is 3.67. The number of aliphatic imine (C=N–C) groups is 1. The molecule has 4 rings (SSSR count). The third-order valence-corrected chi connectivity index (χ3v) is 6.14. The van der Waals surface area contributed by atoms with Crippen molar-refractivity contribution in [2.45, 2.75) is 36.8 Å². The lowest BCUT2D eigenvalue weighted by molar-refractivity contribution is -0.137. The fourth-order valence-electron chi connectivity index (χ4n) is 4.20. The number of guanidine groups is 1. The van der Waals surface area contributed by atoms with Gasteiger partial charge in [0.05, 0.1) is 11.8 Å². The zero-order valence-electron chi connectivity index (χ0n) is 17.1. The minimum atomic E-state index is -4.31. The van der Waals surface area contributed by atoms with E-state index in [-0.39, 0.29) is 29.4 Å². The summed E-state index contributed by atoms with van der Waals surface area (Å²) in [6.45, 7) is 2.35. The Morgan fingerprint density at radius 3 is 2.70 bits per heavy atom. The summed E-state index contributed by atoms with van der Waals surface area (Å²) in [5.74, 6) is 1.23. The van der Waals surface area contributed by atoms with Gasteiger partial charge in [-0.25, -0.2) is 0 Å². The second-order valence-corrected chi connectivity index (χ2v) is 8.14. The molecule has 30 heavy (non-hydrogen) atoms. The monoisotopic (exact) mass is 533 g/mol. The van der Waals surface area contributed by atoms with Gasteiger partial charge < -0.3 is 10.2 Å². The maximum Gasteiger partial charge on any atom is 0.416 e. The van der Waals surface area contributed by atoms with Crippen LogP contribution in [0, 0.1) is 0 Å². The number of hydrogen-bond donors (Lipinski definition) is 1. The number of hydrogen-bond acceptors (Lipinski definition) is 2. The molecule has 2 aliphatic rings. The van der Waals surface area contributed by atoms with Gasteiger partial charge in [-0.1, -0.05) is 18.2 Å². The summed E-state index contributed by atoms with van der Waals surface area (Å²) in [5.41, 5.74) is 1.17. The van der Waals surface area contributed by atoms with Gasteiger partial charge in [0.1, 0.15) is 0 Å². The summed E-state index contributed by atoms with van der Waals surface area (Å²) in [4.78, 5) is 6.64. The minimum Gasteiger partial charge on any atom is -0.355 e. The first-order chi connectivity index (χ1) is 13.8. The standard InChI is InChI=1S/C21H26F3N5.HI/c1-25-19(29-9-6-15(13-29)16-11-27-28(2)12-16)26-14-20(7-8-20)17-4-3-5-18(10-17)21(22,23)24;/h3-5,10-12,15H,6-9,13-14H2,1-2H3,(H,25,26);1H. The number of aryl methyl sites for hydroxylation is 1. The molecule has 2 heterocycles. The summed E-state index contributed by atoms with van der Waals surface area (Å²) in [5, 5.41) is 7.68. The summed E-state index contributed by atoms with van der Waals surface area (Å²) >= 11 is 0. The average molecular weight is 533 g/mol. The molecule has 1 saturated heterocycles. The highest BCUT2D eigenvalue weighted by Crippen LogP contribution is 2.48. The van der Waals surface area contributed by atoms with E-state index in [0.717, 1.165) is 49.9 Å². The Labute approximate surface area is 191 Å². The molecule has 1 N–H and O–H groups in total. The van der Waals surface area contributed by atoms with Crippen molar-refractivity contribution in [3.8, 4) is 0 Å². The van der Waals surface area contributed by atoms with Crippen LogP contribution in [0.5, 0.6) is 0 Å². The highest BCUT2D eigenvalue weighted by atomic mass is 127. The van der Waals surface area contributed by atoms with Crippen molar-refractivity contribution in [2.75, 3.05) is 26.7 Å². The molecule has 1 unspecified atom stereocenters.